The fraction of sp³-hybridized carbons (Fsp3) is 0.667. The molecule has 20 heavy (non-hydrogen) atoms. The van der Waals surface area contributed by atoms with Gasteiger partial charge in [0.05, 0.1) is 12.2 Å². The first-order valence-corrected chi connectivity index (χ1v) is 8.16. The molecule has 2 atom stereocenters. The highest BCUT2D eigenvalue weighted by atomic mass is 16.5. The lowest BCUT2D eigenvalue weighted by atomic mass is 10.1. The summed E-state index contributed by atoms with van der Waals surface area (Å²) in [7, 11) is 0. The maximum Gasteiger partial charge on any atom is 0.0678 e. The lowest BCUT2D eigenvalue weighted by molar-refractivity contribution is -0.0681. The van der Waals surface area contributed by atoms with Gasteiger partial charge >= 0.3 is 0 Å². The van der Waals surface area contributed by atoms with Gasteiger partial charge in [-0.3, -0.25) is 4.90 Å². The number of nitrogens with zero attached hydrogens (tertiary/aromatic N) is 1. The molecule has 0 aliphatic carbocycles. The highest BCUT2D eigenvalue weighted by Gasteiger charge is 2.21. The minimum atomic E-state index is 0.400. The fourth-order valence-electron chi connectivity index (χ4n) is 3.13. The van der Waals surface area contributed by atoms with E-state index in [0.717, 1.165) is 13.1 Å². The zero-order valence-electron chi connectivity index (χ0n) is 13.1. The third kappa shape index (κ3) is 5.64. The third-order valence-corrected chi connectivity index (χ3v) is 4.03. The van der Waals surface area contributed by atoms with Crippen molar-refractivity contribution in [2.45, 2.75) is 58.2 Å². The molecule has 2 heteroatoms. The van der Waals surface area contributed by atoms with E-state index >= 15 is 0 Å². The smallest absolute Gasteiger partial charge is 0.0678 e. The molecule has 2 unspecified atom stereocenters. The van der Waals surface area contributed by atoms with E-state index in [1.54, 1.807) is 0 Å². The number of aryl methyl sites for hydroxylation is 1. The molecule has 1 aliphatic heterocycles. The van der Waals surface area contributed by atoms with Crippen molar-refractivity contribution in [3.05, 3.63) is 35.9 Å². The van der Waals surface area contributed by atoms with E-state index in [-0.39, 0.29) is 0 Å². The lowest BCUT2D eigenvalue weighted by Gasteiger charge is -2.35. The average Bonchev–Trinajstić information content (AvgIpc) is 2.43. The summed E-state index contributed by atoms with van der Waals surface area (Å²) >= 11 is 0. The van der Waals surface area contributed by atoms with Crippen LogP contribution in [0.4, 0.5) is 0 Å². The lowest BCUT2D eigenvalue weighted by Crippen LogP contribution is -2.45. The molecular formula is C18H29NO. The van der Waals surface area contributed by atoms with Crippen molar-refractivity contribution >= 4 is 0 Å². The molecule has 0 aromatic heterocycles. The molecule has 112 valence electrons. The van der Waals surface area contributed by atoms with Crippen LogP contribution >= 0.6 is 0 Å². The Morgan fingerprint density at radius 3 is 2.30 bits per heavy atom. The molecule has 1 fully saturated rings. The average molecular weight is 275 g/mol. The standard InChI is InChI=1S/C18H29NO/c1-16-14-19(15-17(2)20-16)13-9-4-3-6-10-18-11-7-5-8-12-18/h5,7-8,11-12,16-17H,3-4,6,9-10,13-15H2,1-2H3. The molecule has 0 amide bonds. The van der Waals surface area contributed by atoms with E-state index < -0.39 is 0 Å². The SMILES string of the molecule is CC1CN(CCCCCCc2ccccc2)CC(C)O1. The van der Waals surface area contributed by atoms with Gasteiger partial charge in [-0.25, -0.2) is 0 Å². The Balaban J connectivity index is 1.51. The predicted molar refractivity (Wildman–Crippen MR) is 85.1 cm³/mol. The van der Waals surface area contributed by atoms with Crippen LogP contribution in [0.15, 0.2) is 30.3 Å². The highest BCUT2D eigenvalue weighted by molar-refractivity contribution is 5.14. The van der Waals surface area contributed by atoms with Gasteiger partial charge < -0.3 is 4.74 Å². The molecule has 0 saturated carbocycles. The Bertz CT molecular complexity index is 355. The van der Waals surface area contributed by atoms with Crippen LogP contribution in [-0.4, -0.2) is 36.7 Å². The van der Waals surface area contributed by atoms with E-state index in [9.17, 15) is 0 Å². The summed E-state index contributed by atoms with van der Waals surface area (Å²) in [5, 5.41) is 0. The summed E-state index contributed by atoms with van der Waals surface area (Å²) in [5.41, 5.74) is 1.48. The molecule has 1 saturated heterocycles. The Morgan fingerprint density at radius 1 is 0.950 bits per heavy atom. The van der Waals surface area contributed by atoms with Crippen LogP contribution in [-0.2, 0) is 11.2 Å². The van der Waals surface area contributed by atoms with Gasteiger partial charge in [0.25, 0.3) is 0 Å². The second-order valence-electron chi connectivity index (χ2n) is 6.17. The van der Waals surface area contributed by atoms with Crippen molar-refractivity contribution in [1.82, 2.24) is 4.90 Å². The van der Waals surface area contributed by atoms with E-state index in [1.807, 2.05) is 0 Å². The van der Waals surface area contributed by atoms with E-state index in [1.165, 1.54) is 44.2 Å². The zero-order valence-corrected chi connectivity index (χ0v) is 13.1. The first-order valence-electron chi connectivity index (χ1n) is 8.16. The van der Waals surface area contributed by atoms with Crippen LogP contribution in [0.5, 0.6) is 0 Å². The largest absolute Gasteiger partial charge is 0.373 e. The molecule has 1 aromatic rings. The first-order chi connectivity index (χ1) is 9.74. The minimum absolute atomic E-state index is 0.400. The number of morpholine rings is 1. The number of hydrogen-bond donors (Lipinski definition) is 0. The highest BCUT2D eigenvalue weighted by Crippen LogP contribution is 2.13. The van der Waals surface area contributed by atoms with Crippen molar-refractivity contribution < 1.29 is 4.74 Å². The van der Waals surface area contributed by atoms with Crippen LogP contribution in [0.1, 0.15) is 45.1 Å². The molecule has 0 spiro atoms. The summed E-state index contributed by atoms with van der Waals surface area (Å²) in [4.78, 5) is 2.57. The van der Waals surface area contributed by atoms with E-state index in [2.05, 4.69) is 49.1 Å². The summed E-state index contributed by atoms with van der Waals surface area (Å²) in [6.45, 7) is 7.82. The van der Waals surface area contributed by atoms with Crippen molar-refractivity contribution in [1.29, 1.82) is 0 Å². The maximum absolute atomic E-state index is 5.77. The summed E-state index contributed by atoms with van der Waals surface area (Å²) in [5.74, 6) is 0. The van der Waals surface area contributed by atoms with Gasteiger partial charge in [-0.2, -0.15) is 0 Å². The van der Waals surface area contributed by atoms with Crippen LogP contribution < -0.4 is 0 Å². The molecule has 2 nitrogen and oxygen atoms in total. The van der Waals surface area contributed by atoms with Crippen molar-refractivity contribution in [2.24, 2.45) is 0 Å². The van der Waals surface area contributed by atoms with Gasteiger partial charge in [0, 0.05) is 13.1 Å². The topological polar surface area (TPSA) is 12.5 Å². The van der Waals surface area contributed by atoms with Crippen LogP contribution in [0.25, 0.3) is 0 Å². The van der Waals surface area contributed by atoms with E-state index in [4.69, 9.17) is 4.74 Å². The maximum atomic E-state index is 5.77. The number of rotatable bonds is 7. The number of hydrogen-bond acceptors (Lipinski definition) is 2. The van der Waals surface area contributed by atoms with Crippen molar-refractivity contribution in [3.63, 3.8) is 0 Å². The van der Waals surface area contributed by atoms with Crippen LogP contribution in [0, 0.1) is 0 Å². The van der Waals surface area contributed by atoms with E-state index in [0.29, 0.717) is 12.2 Å². The van der Waals surface area contributed by atoms with Crippen LogP contribution in [0.3, 0.4) is 0 Å². The van der Waals surface area contributed by atoms with Crippen molar-refractivity contribution in [3.8, 4) is 0 Å². The number of benzene rings is 1. The molecule has 2 rings (SSSR count). The Morgan fingerprint density at radius 2 is 1.60 bits per heavy atom. The van der Waals surface area contributed by atoms with Gasteiger partial charge in [-0.05, 0) is 45.2 Å². The van der Waals surface area contributed by atoms with Gasteiger partial charge in [0.15, 0.2) is 0 Å². The fourth-order valence-corrected chi connectivity index (χ4v) is 3.13. The molecular weight excluding hydrogens is 246 g/mol. The quantitative estimate of drug-likeness (QED) is 0.700. The molecule has 0 bridgehead atoms. The predicted octanol–water partition coefficient (Wildman–Crippen LogP) is 3.90. The van der Waals surface area contributed by atoms with Gasteiger partial charge in [0.1, 0.15) is 0 Å². The zero-order chi connectivity index (χ0) is 14.2. The van der Waals surface area contributed by atoms with Crippen molar-refractivity contribution in [2.75, 3.05) is 19.6 Å². The first kappa shape index (κ1) is 15.5. The Hall–Kier alpha value is -0.860. The van der Waals surface area contributed by atoms with Gasteiger partial charge in [-0.15, -0.1) is 0 Å². The second-order valence-corrected chi connectivity index (χ2v) is 6.17. The molecule has 0 radical (unpaired) electrons. The molecule has 1 heterocycles. The minimum Gasteiger partial charge on any atom is -0.373 e. The Kier molecular flexibility index (Phi) is 6.55. The molecule has 1 aromatic carbocycles. The monoisotopic (exact) mass is 275 g/mol. The van der Waals surface area contributed by atoms with Gasteiger partial charge in [-0.1, -0.05) is 43.2 Å². The summed E-state index contributed by atoms with van der Waals surface area (Å²) in [6, 6.07) is 10.8. The molecule has 1 aliphatic rings. The summed E-state index contributed by atoms with van der Waals surface area (Å²) in [6.07, 6.45) is 7.38. The number of ether oxygens (including phenoxy) is 1. The number of unbranched alkanes of at least 4 members (excludes halogenated alkanes) is 3. The second kappa shape index (κ2) is 8.43. The Labute approximate surface area is 124 Å². The van der Waals surface area contributed by atoms with Crippen LogP contribution in [0.2, 0.25) is 0 Å². The van der Waals surface area contributed by atoms with Gasteiger partial charge in [0.2, 0.25) is 0 Å². The third-order valence-electron chi connectivity index (χ3n) is 4.03. The molecule has 0 N–H and O–H groups in total. The summed E-state index contributed by atoms with van der Waals surface area (Å²) < 4.78 is 5.77. The normalized spacial score (nSPS) is 23.9.